The molecule has 0 saturated carbocycles. The molecule has 3 rings (SSSR count). The van der Waals surface area contributed by atoms with Gasteiger partial charge >= 0.3 is 0 Å². The number of unbranched alkanes of at least 4 members (excludes halogenated alkanes) is 1. The van der Waals surface area contributed by atoms with E-state index in [0.717, 1.165) is 12.8 Å². The van der Waals surface area contributed by atoms with Gasteiger partial charge in [-0.1, -0.05) is 13.3 Å². The summed E-state index contributed by atoms with van der Waals surface area (Å²) in [5.74, 6) is -1.96. The van der Waals surface area contributed by atoms with Crippen LogP contribution in [0.5, 0.6) is 0 Å². The summed E-state index contributed by atoms with van der Waals surface area (Å²) in [7, 11) is 1.54. The molecule has 8 nitrogen and oxygen atoms in total. The first kappa shape index (κ1) is 18.1. The molecule has 25 heavy (non-hydrogen) atoms. The van der Waals surface area contributed by atoms with E-state index in [1.54, 1.807) is 7.05 Å². The Morgan fingerprint density at radius 3 is 2.80 bits per heavy atom. The Morgan fingerprint density at radius 2 is 2.16 bits per heavy atom. The lowest BCUT2D eigenvalue weighted by Crippen LogP contribution is -2.55. The van der Waals surface area contributed by atoms with E-state index in [2.05, 4.69) is 10.6 Å². The van der Waals surface area contributed by atoms with Crippen molar-refractivity contribution in [1.82, 2.24) is 15.5 Å². The number of hydrogen-bond acceptors (Lipinski definition) is 5. The van der Waals surface area contributed by atoms with Crippen LogP contribution in [-0.4, -0.2) is 72.2 Å². The highest BCUT2D eigenvalue weighted by Crippen LogP contribution is 2.58. The molecule has 2 unspecified atom stereocenters. The second kappa shape index (κ2) is 6.92. The lowest BCUT2D eigenvalue weighted by molar-refractivity contribution is -0.142. The number of nitrogens with one attached hydrogen (secondary N) is 2. The minimum Gasteiger partial charge on any atom is -0.395 e. The first-order valence-corrected chi connectivity index (χ1v) is 9.10. The third-order valence-electron chi connectivity index (χ3n) is 5.77. The third kappa shape index (κ3) is 2.62. The van der Waals surface area contributed by atoms with Gasteiger partial charge in [-0.15, -0.1) is 0 Å². The molecule has 8 heteroatoms. The van der Waals surface area contributed by atoms with Crippen LogP contribution in [-0.2, 0) is 19.1 Å². The fraction of sp³-hybridized carbons (Fsp3) is 0.824. The van der Waals surface area contributed by atoms with Crippen molar-refractivity contribution >= 4 is 17.7 Å². The molecular weight excluding hydrogens is 326 g/mol. The number of aliphatic hydroxyl groups excluding tert-OH is 1. The van der Waals surface area contributed by atoms with E-state index in [1.165, 1.54) is 4.90 Å². The zero-order valence-corrected chi connectivity index (χ0v) is 14.8. The van der Waals surface area contributed by atoms with Gasteiger partial charge in [-0.3, -0.25) is 14.4 Å². The molecule has 2 bridgehead atoms. The standard InChI is InChI=1S/C17H27N3O5/c1-3-4-7-19-15(23)13-17-6-5-10(25-17)11(14(22)18-2)12(17)16(24)20(13)8-9-21/h10-13,21H,3-9H2,1-2H3,(H,18,22)(H,19,23)/t10-,11+,12+,13?,17?/m1/s1. The van der Waals surface area contributed by atoms with Gasteiger partial charge in [-0.2, -0.15) is 0 Å². The average molecular weight is 353 g/mol. The van der Waals surface area contributed by atoms with Crippen LogP contribution in [0.25, 0.3) is 0 Å². The molecule has 0 aromatic carbocycles. The van der Waals surface area contributed by atoms with Gasteiger partial charge in [-0.05, 0) is 19.3 Å². The zero-order valence-electron chi connectivity index (χ0n) is 14.8. The number of carbonyl (C=O) groups excluding carboxylic acids is 3. The molecule has 1 spiro atoms. The Bertz CT molecular complexity index is 568. The van der Waals surface area contributed by atoms with Gasteiger partial charge < -0.3 is 25.4 Å². The molecule has 0 aromatic rings. The fourth-order valence-corrected chi connectivity index (χ4v) is 4.75. The molecule has 0 aliphatic carbocycles. The lowest BCUT2D eigenvalue weighted by atomic mass is 9.70. The summed E-state index contributed by atoms with van der Waals surface area (Å²) in [4.78, 5) is 39.6. The van der Waals surface area contributed by atoms with Gasteiger partial charge in [0.15, 0.2) is 0 Å². The number of nitrogens with zero attached hydrogens (tertiary/aromatic N) is 1. The molecule has 5 atom stereocenters. The molecule has 0 aromatic heterocycles. The SMILES string of the molecule is CCCCNC(=O)C1N(CCO)C(=O)[C@@H]2[C@@H](C(=O)NC)[C@H]3CCC12O3. The number of fused-ring (bicyclic) bond motifs is 1. The topological polar surface area (TPSA) is 108 Å². The van der Waals surface area contributed by atoms with Crippen LogP contribution in [0.2, 0.25) is 0 Å². The van der Waals surface area contributed by atoms with Gasteiger partial charge in [0, 0.05) is 20.1 Å². The summed E-state index contributed by atoms with van der Waals surface area (Å²) in [6.45, 7) is 2.41. The highest BCUT2D eigenvalue weighted by molar-refractivity contribution is 5.98. The largest absolute Gasteiger partial charge is 0.395 e. The van der Waals surface area contributed by atoms with Crippen molar-refractivity contribution in [2.45, 2.75) is 50.4 Å². The maximum Gasteiger partial charge on any atom is 0.245 e. The van der Waals surface area contributed by atoms with Crippen LogP contribution < -0.4 is 10.6 Å². The van der Waals surface area contributed by atoms with Gasteiger partial charge in [0.05, 0.1) is 24.5 Å². The van der Waals surface area contributed by atoms with Crippen molar-refractivity contribution in [1.29, 1.82) is 0 Å². The predicted molar refractivity (Wildman–Crippen MR) is 88.4 cm³/mol. The first-order chi connectivity index (χ1) is 12.0. The van der Waals surface area contributed by atoms with E-state index in [9.17, 15) is 19.5 Å². The predicted octanol–water partition coefficient (Wildman–Crippen LogP) is -0.984. The van der Waals surface area contributed by atoms with E-state index in [1.807, 2.05) is 6.92 Å². The van der Waals surface area contributed by atoms with Gasteiger partial charge in [0.25, 0.3) is 0 Å². The summed E-state index contributed by atoms with van der Waals surface area (Å²) in [5, 5.41) is 14.9. The quantitative estimate of drug-likeness (QED) is 0.510. The molecule has 3 aliphatic rings. The Kier molecular flexibility index (Phi) is 5.02. The second-order valence-corrected chi connectivity index (χ2v) is 7.07. The molecule has 3 heterocycles. The van der Waals surface area contributed by atoms with Crippen LogP contribution in [0.4, 0.5) is 0 Å². The average Bonchev–Trinajstić information content (AvgIpc) is 3.23. The first-order valence-electron chi connectivity index (χ1n) is 9.10. The molecule has 3 N–H and O–H groups in total. The van der Waals surface area contributed by atoms with Crippen molar-refractivity contribution in [3.05, 3.63) is 0 Å². The Balaban J connectivity index is 1.92. The van der Waals surface area contributed by atoms with Crippen molar-refractivity contribution < 1.29 is 24.2 Å². The second-order valence-electron chi connectivity index (χ2n) is 7.07. The number of likely N-dealkylation sites (tertiary alicyclic amines) is 1. The van der Waals surface area contributed by atoms with Gasteiger partial charge in [0.1, 0.15) is 11.6 Å². The van der Waals surface area contributed by atoms with Gasteiger partial charge in [-0.25, -0.2) is 0 Å². The lowest BCUT2D eigenvalue weighted by Gasteiger charge is -2.33. The van der Waals surface area contributed by atoms with Gasteiger partial charge in [0.2, 0.25) is 17.7 Å². The molecule has 3 amide bonds. The number of hydrogen-bond donors (Lipinski definition) is 3. The van der Waals surface area contributed by atoms with Crippen LogP contribution in [0.3, 0.4) is 0 Å². The summed E-state index contributed by atoms with van der Waals surface area (Å²) >= 11 is 0. The fourth-order valence-electron chi connectivity index (χ4n) is 4.75. The van der Waals surface area contributed by atoms with Crippen molar-refractivity contribution in [2.24, 2.45) is 11.8 Å². The normalized spacial score (nSPS) is 35.8. The van der Waals surface area contributed by atoms with E-state index in [0.29, 0.717) is 19.4 Å². The smallest absolute Gasteiger partial charge is 0.245 e. The molecule has 140 valence electrons. The van der Waals surface area contributed by atoms with Crippen LogP contribution in [0, 0.1) is 11.8 Å². The highest BCUT2D eigenvalue weighted by atomic mass is 16.5. The van der Waals surface area contributed by atoms with E-state index < -0.39 is 23.5 Å². The summed E-state index contributed by atoms with van der Waals surface area (Å²) < 4.78 is 6.14. The van der Waals surface area contributed by atoms with E-state index >= 15 is 0 Å². The Labute approximate surface area is 147 Å². The molecule has 3 fully saturated rings. The molecule has 3 saturated heterocycles. The van der Waals surface area contributed by atoms with Crippen molar-refractivity contribution in [2.75, 3.05) is 26.7 Å². The number of ether oxygens (including phenoxy) is 1. The van der Waals surface area contributed by atoms with Crippen LogP contribution >= 0.6 is 0 Å². The molecule has 0 radical (unpaired) electrons. The van der Waals surface area contributed by atoms with Crippen molar-refractivity contribution in [3.63, 3.8) is 0 Å². The minimum absolute atomic E-state index is 0.0669. The maximum atomic E-state index is 13.0. The molecule has 3 aliphatic heterocycles. The van der Waals surface area contributed by atoms with E-state index in [-0.39, 0.29) is 37.0 Å². The number of rotatable bonds is 7. The number of amides is 3. The van der Waals surface area contributed by atoms with Crippen molar-refractivity contribution in [3.8, 4) is 0 Å². The Morgan fingerprint density at radius 1 is 1.40 bits per heavy atom. The number of aliphatic hydroxyl groups is 1. The summed E-state index contributed by atoms with van der Waals surface area (Å²) in [6.07, 6.45) is 2.72. The monoisotopic (exact) mass is 353 g/mol. The zero-order chi connectivity index (χ0) is 18.2. The van der Waals surface area contributed by atoms with E-state index in [4.69, 9.17) is 4.74 Å². The molecular formula is C17H27N3O5. The highest BCUT2D eigenvalue weighted by Gasteiger charge is 2.74. The third-order valence-corrected chi connectivity index (χ3v) is 5.77. The summed E-state index contributed by atoms with van der Waals surface area (Å²) in [5.41, 5.74) is -0.954. The number of β-amino-alcohol motifs (C(OH)–C–C–N with tert-alkyl or cyclic N) is 1. The van der Waals surface area contributed by atoms with Crippen LogP contribution in [0.15, 0.2) is 0 Å². The summed E-state index contributed by atoms with van der Waals surface area (Å²) in [6, 6.07) is -0.784. The minimum atomic E-state index is -0.954. The number of carbonyl (C=O) groups is 3. The van der Waals surface area contributed by atoms with Crippen LogP contribution in [0.1, 0.15) is 32.6 Å². The maximum absolute atomic E-state index is 13.0. The Hall–Kier alpha value is -1.67.